The van der Waals surface area contributed by atoms with E-state index < -0.39 is 16.1 Å². The van der Waals surface area contributed by atoms with Gasteiger partial charge in [0, 0.05) is 16.1 Å². The Morgan fingerprint density at radius 2 is 0.737 bits per heavy atom. The monoisotopic (exact) mass is 333 g/mol. The number of hydrogen-bond donors (Lipinski definition) is 0. The summed E-state index contributed by atoms with van der Waals surface area (Å²) in [5.41, 5.74) is 0. The second-order valence-electron chi connectivity index (χ2n) is 6.85. The molecule has 2 aromatic carbocycles. The van der Waals surface area contributed by atoms with Crippen LogP contribution in [-0.4, -0.2) is 16.1 Å². The third-order valence-corrected chi connectivity index (χ3v) is 7.19. The fourth-order valence-electron chi connectivity index (χ4n) is 1.75. The summed E-state index contributed by atoms with van der Waals surface area (Å²) >= 11 is 0. The second-order valence-corrected chi connectivity index (χ2v) is 17.0. The average Bonchev–Trinajstić information content (AvgIpc) is 2.91. The zero-order valence-electron chi connectivity index (χ0n) is 13.0. The van der Waals surface area contributed by atoms with Gasteiger partial charge in [-0.25, -0.2) is 24.3 Å². The van der Waals surface area contributed by atoms with Crippen LogP contribution in [0, 0.1) is 0 Å². The van der Waals surface area contributed by atoms with Gasteiger partial charge in [0.2, 0.25) is 0 Å². The second kappa shape index (κ2) is 7.43. The van der Waals surface area contributed by atoms with Crippen molar-refractivity contribution in [1.82, 2.24) is 0 Å². The van der Waals surface area contributed by atoms with Gasteiger partial charge in [0.15, 0.2) is 0 Å². The fraction of sp³-hybridized carbons (Fsp3) is 0.375. The van der Waals surface area contributed by atoms with E-state index in [0.29, 0.717) is 0 Å². The molecule has 0 aliphatic carbocycles. The molecule has 0 amide bonds. The van der Waals surface area contributed by atoms with Crippen LogP contribution in [0.4, 0.5) is 0 Å². The number of rotatable bonds is 2. The first-order valence-corrected chi connectivity index (χ1v) is 13.7. The van der Waals surface area contributed by atoms with Gasteiger partial charge in [-0.3, -0.25) is 0 Å². The summed E-state index contributed by atoms with van der Waals surface area (Å²) in [5.74, 6) is 0. The molecule has 3 heteroatoms. The van der Waals surface area contributed by atoms with Crippen LogP contribution in [0.2, 0.25) is 39.3 Å². The summed E-state index contributed by atoms with van der Waals surface area (Å²) in [6.45, 7) is 14.2. The quantitative estimate of drug-likeness (QED) is 0.578. The van der Waals surface area contributed by atoms with Crippen molar-refractivity contribution < 1.29 is 16.8 Å². The Hall–Kier alpha value is -0.360. The van der Waals surface area contributed by atoms with E-state index in [1.165, 1.54) is 0 Å². The fourth-order valence-corrected chi connectivity index (χ4v) is 4.13. The Balaban J connectivity index is 0.000000324. The molecule has 107 valence electrons. The average molecular weight is 333 g/mol. The van der Waals surface area contributed by atoms with E-state index in [9.17, 15) is 0 Å². The zero-order valence-corrected chi connectivity index (χ0v) is 16.0. The first kappa shape index (κ1) is 18.6. The third-order valence-electron chi connectivity index (χ3n) is 3.06. The van der Waals surface area contributed by atoms with Gasteiger partial charge in [-0.05, 0) is 0 Å². The van der Waals surface area contributed by atoms with Crippen molar-refractivity contribution in [2.45, 2.75) is 39.3 Å². The van der Waals surface area contributed by atoms with Gasteiger partial charge in [-0.1, -0.05) is 39.3 Å². The van der Waals surface area contributed by atoms with Crippen LogP contribution in [0.3, 0.4) is 0 Å². The summed E-state index contributed by atoms with van der Waals surface area (Å²) in [5, 5.41) is 3.12. The van der Waals surface area contributed by atoms with Gasteiger partial charge in [0.25, 0.3) is 0 Å². The van der Waals surface area contributed by atoms with Crippen LogP contribution in [0.15, 0.2) is 48.5 Å². The van der Waals surface area contributed by atoms with E-state index in [1.807, 2.05) is 0 Å². The standard InChI is InChI=1S/2C8H13Si.Co/c2*1-9(2,3)8-6-4-5-7-8;/h2*4-7H,1-3H3;/q2*-1;+2. The summed E-state index contributed by atoms with van der Waals surface area (Å²) in [6, 6.07) is 17.4. The smallest absolute Gasteiger partial charge is 0.214 e. The minimum Gasteiger partial charge on any atom is -0.214 e. The molecule has 0 nitrogen and oxygen atoms in total. The van der Waals surface area contributed by atoms with Crippen molar-refractivity contribution in [3.63, 3.8) is 0 Å². The maximum atomic E-state index is 2.36. The van der Waals surface area contributed by atoms with Crippen molar-refractivity contribution in [3.8, 4) is 0 Å². The van der Waals surface area contributed by atoms with Gasteiger partial charge < -0.3 is 0 Å². The summed E-state index contributed by atoms with van der Waals surface area (Å²) in [4.78, 5) is 0. The van der Waals surface area contributed by atoms with E-state index >= 15 is 0 Å². The summed E-state index contributed by atoms with van der Waals surface area (Å²) in [6.07, 6.45) is 0. The molecule has 0 bridgehead atoms. The van der Waals surface area contributed by atoms with Gasteiger partial charge in [0.05, 0.1) is 0 Å². The van der Waals surface area contributed by atoms with E-state index in [0.717, 1.165) is 0 Å². The van der Waals surface area contributed by atoms with Crippen molar-refractivity contribution in [2.24, 2.45) is 0 Å². The molecule has 1 radical (unpaired) electrons. The molecular weight excluding hydrogens is 307 g/mol. The molecular formula is C16H26CoSi2. The first-order chi connectivity index (χ1) is 8.21. The molecule has 0 spiro atoms. The molecule has 19 heavy (non-hydrogen) atoms. The predicted molar refractivity (Wildman–Crippen MR) is 90.0 cm³/mol. The predicted octanol–water partition coefficient (Wildman–Crippen LogP) is 3.90. The molecule has 2 aromatic rings. The molecule has 0 fully saturated rings. The van der Waals surface area contributed by atoms with E-state index in [4.69, 9.17) is 0 Å². The van der Waals surface area contributed by atoms with Crippen molar-refractivity contribution in [2.75, 3.05) is 0 Å². The Morgan fingerprint density at radius 1 is 0.526 bits per heavy atom. The Labute approximate surface area is 131 Å². The van der Waals surface area contributed by atoms with Crippen molar-refractivity contribution >= 4 is 26.5 Å². The molecule has 2 rings (SSSR count). The largest absolute Gasteiger partial charge is 2.00 e. The molecule has 0 aliphatic rings. The van der Waals surface area contributed by atoms with Gasteiger partial charge in [-0.15, -0.1) is 0 Å². The Bertz CT molecular complexity index is 384. The molecule has 0 heterocycles. The van der Waals surface area contributed by atoms with E-state index in [2.05, 4.69) is 87.8 Å². The van der Waals surface area contributed by atoms with Gasteiger partial charge in [-0.2, -0.15) is 34.6 Å². The van der Waals surface area contributed by atoms with Crippen LogP contribution < -0.4 is 10.4 Å². The third kappa shape index (κ3) is 6.56. The molecule has 0 aliphatic heterocycles. The molecule has 0 saturated carbocycles. The molecule has 0 N–H and O–H groups in total. The first-order valence-electron chi connectivity index (χ1n) is 6.65. The molecule has 0 saturated heterocycles. The normalized spacial score (nSPS) is 11.3. The minimum atomic E-state index is -0.981. The van der Waals surface area contributed by atoms with Crippen LogP contribution in [0.1, 0.15) is 0 Å². The SMILES string of the molecule is C[Si](C)(C)[c-]1cccc1.C[Si](C)(C)[c-]1cccc1.[Co+2]. The van der Waals surface area contributed by atoms with Crippen molar-refractivity contribution in [3.05, 3.63) is 48.5 Å². The maximum Gasteiger partial charge on any atom is 2.00 e. The van der Waals surface area contributed by atoms with Crippen molar-refractivity contribution in [1.29, 1.82) is 0 Å². The van der Waals surface area contributed by atoms with Crippen LogP contribution >= 0.6 is 0 Å². The van der Waals surface area contributed by atoms with E-state index in [-0.39, 0.29) is 16.8 Å². The molecule has 0 atom stereocenters. The zero-order chi connectivity index (χ0) is 13.8. The Morgan fingerprint density at radius 3 is 0.842 bits per heavy atom. The van der Waals surface area contributed by atoms with E-state index in [1.54, 1.807) is 10.4 Å². The number of hydrogen-bond acceptors (Lipinski definition) is 0. The van der Waals surface area contributed by atoms with Gasteiger partial charge in [0.1, 0.15) is 0 Å². The van der Waals surface area contributed by atoms with Crippen LogP contribution in [0.25, 0.3) is 0 Å². The van der Waals surface area contributed by atoms with Crippen LogP contribution in [0.5, 0.6) is 0 Å². The topological polar surface area (TPSA) is 0 Å². The summed E-state index contributed by atoms with van der Waals surface area (Å²) < 4.78 is 0. The summed E-state index contributed by atoms with van der Waals surface area (Å²) in [7, 11) is -1.96. The molecule has 0 aromatic heterocycles. The van der Waals surface area contributed by atoms with Crippen LogP contribution in [-0.2, 0) is 16.8 Å². The molecule has 0 unspecified atom stereocenters. The minimum absolute atomic E-state index is 0. The maximum absolute atomic E-state index is 2.36. The Kier molecular flexibility index (Phi) is 7.29. The van der Waals surface area contributed by atoms with Gasteiger partial charge >= 0.3 is 16.8 Å².